The van der Waals surface area contributed by atoms with Gasteiger partial charge in [0.2, 0.25) is 0 Å². The second kappa shape index (κ2) is 5.40. The first-order valence-corrected chi connectivity index (χ1v) is 6.38. The molecule has 1 unspecified atom stereocenters. The topological polar surface area (TPSA) is 43.0 Å². The fraction of sp³-hybridized carbons (Fsp3) is 0.500. The molecule has 0 aromatic carbocycles. The maximum Gasteiger partial charge on any atom is 0.110 e. The average molecular weight is 247 g/mol. The van der Waals surface area contributed by atoms with Gasteiger partial charge in [0.05, 0.1) is 0 Å². The number of rotatable bonds is 5. The highest BCUT2D eigenvalue weighted by Crippen LogP contribution is 2.24. The van der Waals surface area contributed by atoms with Crippen molar-refractivity contribution in [3.05, 3.63) is 41.4 Å². The Morgan fingerprint density at radius 3 is 2.72 bits per heavy atom. The summed E-state index contributed by atoms with van der Waals surface area (Å²) in [6.45, 7) is 7.05. The summed E-state index contributed by atoms with van der Waals surface area (Å²) in [7, 11) is 2.03. The Bertz CT molecular complexity index is 513. The molecule has 0 saturated carbocycles. The van der Waals surface area contributed by atoms with E-state index in [0.29, 0.717) is 0 Å². The van der Waals surface area contributed by atoms with Gasteiger partial charge >= 0.3 is 0 Å². The molecule has 0 fully saturated rings. The minimum Gasteiger partial charge on any atom is -0.466 e. The van der Waals surface area contributed by atoms with Crippen LogP contribution in [0.15, 0.2) is 22.9 Å². The zero-order chi connectivity index (χ0) is 13.1. The number of aromatic nitrogens is 2. The highest BCUT2D eigenvalue weighted by Gasteiger charge is 2.18. The molecular formula is C14H21N3O. The predicted molar refractivity (Wildman–Crippen MR) is 71.5 cm³/mol. The molecule has 2 aromatic rings. The zero-order valence-electron chi connectivity index (χ0n) is 11.5. The monoisotopic (exact) mass is 247 g/mol. The van der Waals surface area contributed by atoms with Crippen LogP contribution < -0.4 is 5.32 Å². The molecule has 4 heteroatoms. The SMILES string of the molecule is CCNC(Cc1nccn1C)c1cc(C)oc1C. The average Bonchev–Trinajstić information content (AvgIpc) is 2.85. The Kier molecular flexibility index (Phi) is 3.87. The van der Waals surface area contributed by atoms with Crippen LogP contribution in [0.4, 0.5) is 0 Å². The van der Waals surface area contributed by atoms with E-state index in [2.05, 4.69) is 27.9 Å². The van der Waals surface area contributed by atoms with Crippen LogP contribution in [0.3, 0.4) is 0 Å². The zero-order valence-corrected chi connectivity index (χ0v) is 11.5. The summed E-state index contributed by atoms with van der Waals surface area (Å²) in [4.78, 5) is 4.39. The third-order valence-electron chi connectivity index (χ3n) is 3.21. The fourth-order valence-electron chi connectivity index (χ4n) is 2.31. The molecule has 0 bridgehead atoms. The van der Waals surface area contributed by atoms with Crippen LogP contribution >= 0.6 is 0 Å². The number of imidazole rings is 1. The van der Waals surface area contributed by atoms with E-state index in [4.69, 9.17) is 4.42 Å². The summed E-state index contributed by atoms with van der Waals surface area (Å²) in [6.07, 6.45) is 4.69. The van der Waals surface area contributed by atoms with Gasteiger partial charge in [-0.1, -0.05) is 6.92 Å². The normalized spacial score (nSPS) is 12.9. The number of furan rings is 1. The molecule has 0 aliphatic carbocycles. The molecule has 1 N–H and O–H groups in total. The summed E-state index contributed by atoms with van der Waals surface area (Å²) >= 11 is 0. The van der Waals surface area contributed by atoms with Crippen LogP contribution in [0.25, 0.3) is 0 Å². The van der Waals surface area contributed by atoms with Crippen LogP contribution in [-0.2, 0) is 13.5 Å². The Morgan fingerprint density at radius 2 is 2.22 bits per heavy atom. The lowest BCUT2D eigenvalue weighted by molar-refractivity contribution is 0.480. The van der Waals surface area contributed by atoms with Gasteiger partial charge in [-0.25, -0.2) is 4.98 Å². The number of likely N-dealkylation sites (N-methyl/N-ethyl adjacent to an activating group) is 1. The molecule has 0 saturated heterocycles. The van der Waals surface area contributed by atoms with Gasteiger partial charge in [0.15, 0.2) is 0 Å². The van der Waals surface area contributed by atoms with Gasteiger partial charge in [0.1, 0.15) is 17.3 Å². The van der Waals surface area contributed by atoms with Crippen LogP contribution in [0.1, 0.15) is 35.9 Å². The number of nitrogens with one attached hydrogen (secondary N) is 1. The van der Waals surface area contributed by atoms with Gasteiger partial charge in [-0.15, -0.1) is 0 Å². The Labute approximate surface area is 108 Å². The summed E-state index contributed by atoms with van der Waals surface area (Å²) < 4.78 is 7.69. The van der Waals surface area contributed by atoms with Crippen LogP contribution in [0.2, 0.25) is 0 Å². The van der Waals surface area contributed by atoms with Crippen molar-refractivity contribution in [1.29, 1.82) is 0 Å². The van der Waals surface area contributed by atoms with E-state index in [1.165, 1.54) is 5.56 Å². The van der Waals surface area contributed by atoms with Crippen molar-refractivity contribution in [3.8, 4) is 0 Å². The molecule has 2 heterocycles. The largest absolute Gasteiger partial charge is 0.466 e. The highest BCUT2D eigenvalue weighted by molar-refractivity contribution is 5.25. The molecule has 18 heavy (non-hydrogen) atoms. The van der Waals surface area contributed by atoms with Crippen molar-refractivity contribution >= 4 is 0 Å². The molecular weight excluding hydrogens is 226 g/mol. The van der Waals surface area contributed by atoms with E-state index in [1.807, 2.05) is 33.3 Å². The predicted octanol–water partition coefficient (Wildman–Crippen LogP) is 2.52. The maximum atomic E-state index is 5.62. The second-order valence-corrected chi connectivity index (χ2v) is 4.64. The lowest BCUT2D eigenvalue weighted by Gasteiger charge is -2.17. The molecule has 0 aliphatic heterocycles. The standard InChI is InChI=1S/C14H21N3O/c1-5-15-13(9-14-16-6-7-17(14)4)12-8-10(2)18-11(12)3/h6-8,13,15H,5,9H2,1-4H3. The quantitative estimate of drug-likeness (QED) is 0.883. The minimum atomic E-state index is 0.258. The van der Waals surface area contributed by atoms with Gasteiger partial charge in [-0.3, -0.25) is 0 Å². The smallest absolute Gasteiger partial charge is 0.110 e. The lowest BCUT2D eigenvalue weighted by Crippen LogP contribution is -2.24. The van der Waals surface area contributed by atoms with Crippen molar-refractivity contribution in [2.75, 3.05) is 6.54 Å². The molecule has 98 valence electrons. The molecule has 0 aliphatic rings. The molecule has 0 spiro atoms. The van der Waals surface area contributed by atoms with Crippen molar-refractivity contribution in [1.82, 2.24) is 14.9 Å². The first kappa shape index (κ1) is 12.9. The van der Waals surface area contributed by atoms with E-state index in [0.717, 1.165) is 30.3 Å². The van der Waals surface area contributed by atoms with Gasteiger partial charge in [-0.05, 0) is 26.5 Å². The van der Waals surface area contributed by atoms with Crippen LogP contribution in [0, 0.1) is 13.8 Å². The first-order valence-electron chi connectivity index (χ1n) is 6.38. The molecule has 0 radical (unpaired) electrons. The number of hydrogen-bond donors (Lipinski definition) is 1. The fourth-order valence-corrected chi connectivity index (χ4v) is 2.31. The van der Waals surface area contributed by atoms with Crippen molar-refractivity contribution in [3.63, 3.8) is 0 Å². The van der Waals surface area contributed by atoms with E-state index >= 15 is 0 Å². The number of hydrogen-bond acceptors (Lipinski definition) is 3. The van der Waals surface area contributed by atoms with E-state index in [9.17, 15) is 0 Å². The molecule has 1 atom stereocenters. The van der Waals surface area contributed by atoms with Crippen LogP contribution in [0.5, 0.6) is 0 Å². The van der Waals surface area contributed by atoms with Crippen molar-refractivity contribution < 1.29 is 4.42 Å². The van der Waals surface area contributed by atoms with Gasteiger partial charge in [-0.2, -0.15) is 0 Å². The van der Waals surface area contributed by atoms with Crippen LogP contribution in [-0.4, -0.2) is 16.1 Å². The Hall–Kier alpha value is -1.55. The van der Waals surface area contributed by atoms with E-state index in [1.54, 1.807) is 0 Å². The Morgan fingerprint density at radius 1 is 1.44 bits per heavy atom. The maximum absolute atomic E-state index is 5.62. The van der Waals surface area contributed by atoms with E-state index < -0.39 is 0 Å². The molecule has 2 aromatic heterocycles. The summed E-state index contributed by atoms with van der Waals surface area (Å²) in [5.41, 5.74) is 1.23. The van der Waals surface area contributed by atoms with Gasteiger partial charge in [0.25, 0.3) is 0 Å². The molecule has 4 nitrogen and oxygen atoms in total. The van der Waals surface area contributed by atoms with Gasteiger partial charge in [0, 0.05) is 37.5 Å². The second-order valence-electron chi connectivity index (χ2n) is 4.64. The van der Waals surface area contributed by atoms with Gasteiger partial charge < -0.3 is 14.3 Å². The Balaban J connectivity index is 2.23. The summed E-state index contributed by atoms with van der Waals surface area (Å²) in [5, 5.41) is 3.51. The number of nitrogens with zero attached hydrogens (tertiary/aromatic N) is 2. The molecule has 0 amide bonds. The first-order chi connectivity index (χ1) is 8.61. The third kappa shape index (κ3) is 2.64. The highest BCUT2D eigenvalue weighted by atomic mass is 16.3. The summed E-state index contributed by atoms with van der Waals surface area (Å²) in [5.74, 6) is 3.04. The third-order valence-corrected chi connectivity index (χ3v) is 3.21. The minimum absolute atomic E-state index is 0.258. The number of aryl methyl sites for hydroxylation is 3. The molecule has 2 rings (SSSR count). The van der Waals surface area contributed by atoms with Crippen molar-refractivity contribution in [2.24, 2.45) is 7.05 Å². The summed E-state index contributed by atoms with van der Waals surface area (Å²) in [6, 6.07) is 2.37. The lowest BCUT2D eigenvalue weighted by atomic mass is 10.0. The van der Waals surface area contributed by atoms with Crippen molar-refractivity contribution in [2.45, 2.75) is 33.2 Å². The van der Waals surface area contributed by atoms with E-state index in [-0.39, 0.29) is 6.04 Å².